The Morgan fingerprint density at radius 3 is 2.33 bits per heavy atom. The highest BCUT2D eigenvalue weighted by Crippen LogP contribution is 2.17. The Hall–Kier alpha value is -2.86. The van der Waals surface area contributed by atoms with Crippen molar-refractivity contribution in [3.05, 3.63) is 59.7 Å². The van der Waals surface area contributed by atoms with Crippen LogP contribution in [0, 0.1) is 12.8 Å². The number of anilines is 1. The number of ether oxygens (including phenoxy) is 1. The molecule has 0 spiro atoms. The van der Waals surface area contributed by atoms with Gasteiger partial charge in [-0.3, -0.25) is 9.59 Å². The number of nitrogens with two attached hydrogens (primary N) is 1. The van der Waals surface area contributed by atoms with Crippen molar-refractivity contribution in [3.63, 3.8) is 0 Å². The number of aryl methyl sites for hydroxylation is 1. The van der Waals surface area contributed by atoms with Gasteiger partial charge in [0, 0.05) is 17.8 Å². The van der Waals surface area contributed by atoms with Crippen LogP contribution in [0.3, 0.4) is 0 Å². The summed E-state index contributed by atoms with van der Waals surface area (Å²) in [7, 11) is 0. The Bertz CT molecular complexity index is 772. The first-order chi connectivity index (χ1) is 12.9. The van der Waals surface area contributed by atoms with Gasteiger partial charge in [-0.05, 0) is 48.7 Å². The molecule has 0 aromatic heterocycles. The molecule has 0 saturated carbocycles. The molecule has 0 bridgehead atoms. The second kappa shape index (κ2) is 9.73. The lowest BCUT2D eigenvalue weighted by Gasteiger charge is -2.22. The molecular weight excluding hydrogens is 342 g/mol. The van der Waals surface area contributed by atoms with Crippen molar-refractivity contribution in [2.75, 3.05) is 18.5 Å². The molecule has 2 rings (SSSR count). The third-order valence-corrected chi connectivity index (χ3v) is 4.13. The van der Waals surface area contributed by atoms with Crippen molar-refractivity contribution in [1.82, 2.24) is 5.32 Å². The van der Waals surface area contributed by atoms with E-state index in [1.165, 1.54) is 0 Å². The molecule has 27 heavy (non-hydrogen) atoms. The average molecular weight is 369 g/mol. The molecule has 0 aliphatic heterocycles. The lowest BCUT2D eigenvalue weighted by Crippen LogP contribution is -2.47. The molecule has 0 aliphatic rings. The molecule has 2 aromatic carbocycles. The molecule has 0 fully saturated rings. The van der Waals surface area contributed by atoms with Gasteiger partial charge in [-0.1, -0.05) is 32.0 Å². The van der Waals surface area contributed by atoms with Crippen LogP contribution >= 0.6 is 0 Å². The Labute approximate surface area is 160 Å². The average Bonchev–Trinajstić information content (AvgIpc) is 2.65. The van der Waals surface area contributed by atoms with Crippen LogP contribution in [0.2, 0.25) is 0 Å². The fourth-order valence-corrected chi connectivity index (χ4v) is 2.61. The van der Waals surface area contributed by atoms with Crippen LogP contribution in [0.25, 0.3) is 0 Å². The quantitative estimate of drug-likeness (QED) is 0.667. The standard InChI is InChI=1S/C21H27N3O3/c1-14(2)19(24-20(25)18-7-5-4-6-15(18)3)21(26)23-16-8-10-17(11-9-16)27-13-12-22/h4-11,14,19H,12-13,22H2,1-3H3,(H,23,26)(H,24,25). The van der Waals surface area contributed by atoms with Crippen molar-refractivity contribution in [2.45, 2.75) is 26.8 Å². The zero-order valence-corrected chi connectivity index (χ0v) is 16.0. The van der Waals surface area contributed by atoms with Gasteiger partial charge in [-0.15, -0.1) is 0 Å². The van der Waals surface area contributed by atoms with E-state index in [0.29, 0.717) is 30.2 Å². The van der Waals surface area contributed by atoms with E-state index < -0.39 is 6.04 Å². The maximum absolute atomic E-state index is 12.7. The van der Waals surface area contributed by atoms with Gasteiger partial charge in [-0.2, -0.15) is 0 Å². The van der Waals surface area contributed by atoms with E-state index >= 15 is 0 Å². The fourth-order valence-electron chi connectivity index (χ4n) is 2.61. The van der Waals surface area contributed by atoms with E-state index in [9.17, 15) is 9.59 Å². The zero-order chi connectivity index (χ0) is 19.8. The molecule has 144 valence electrons. The largest absolute Gasteiger partial charge is 0.492 e. The molecule has 0 aliphatic carbocycles. The van der Waals surface area contributed by atoms with E-state index in [2.05, 4.69) is 10.6 Å². The SMILES string of the molecule is Cc1ccccc1C(=O)NC(C(=O)Nc1ccc(OCCN)cc1)C(C)C. The first-order valence-electron chi connectivity index (χ1n) is 9.02. The summed E-state index contributed by atoms with van der Waals surface area (Å²) in [5.41, 5.74) is 7.48. The number of amides is 2. The van der Waals surface area contributed by atoms with Gasteiger partial charge in [0.05, 0.1) is 0 Å². The highest BCUT2D eigenvalue weighted by molar-refractivity contribution is 6.01. The Balaban J connectivity index is 2.04. The normalized spacial score (nSPS) is 11.7. The summed E-state index contributed by atoms with van der Waals surface area (Å²) in [5, 5.41) is 5.69. The summed E-state index contributed by atoms with van der Waals surface area (Å²) in [5.74, 6) is 0.104. The smallest absolute Gasteiger partial charge is 0.252 e. The van der Waals surface area contributed by atoms with E-state index in [1.54, 1.807) is 36.4 Å². The molecule has 4 N–H and O–H groups in total. The third kappa shape index (κ3) is 5.82. The van der Waals surface area contributed by atoms with Gasteiger partial charge >= 0.3 is 0 Å². The molecule has 1 atom stereocenters. The summed E-state index contributed by atoms with van der Waals surface area (Å²) >= 11 is 0. The van der Waals surface area contributed by atoms with Crippen molar-refractivity contribution >= 4 is 17.5 Å². The number of hydrogen-bond acceptors (Lipinski definition) is 4. The number of carbonyl (C=O) groups excluding carboxylic acids is 2. The summed E-state index contributed by atoms with van der Waals surface area (Å²) in [6.45, 7) is 6.53. The minimum atomic E-state index is -0.648. The first-order valence-corrected chi connectivity index (χ1v) is 9.02. The van der Waals surface area contributed by atoms with Crippen molar-refractivity contribution in [3.8, 4) is 5.75 Å². The maximum Gasteiger partial charge on any atom is 0.252 e. The maximum atomic E-state index is 12.7. The van der Waals surface area contributed by atoms with Crippen molar-refractivity contribution in [1.29, 1.82) is 0 Å². The lowest BCUT2D eigenvalue weighted by atomic mass is 10.0. The summed E-state index contributed by atoms with van der Waals surface area (Å²) < 4.78 is 5.42. The van der Waals surface area contributed by atoms with Crippen LogP contribution in [0.15, 0.2) is 48.5 Å². The zero-order valence-electron chi connectivity index (χ0n) is 16.0. The lowest BCUT2D eigenvalue weighted by molar-refractivity contribution is -0.118. The van der Waals surface area contributed by atoms with E-state index in [4.69, 9.17) is 10.5 Å². The topological polar surface area (TPSA) is 93.5 Å². The molecule has 6 nitrogen and oxygen atoms in total. The van der Waals surface area contributed by atoms with Gasteiger partial charge in [0.15, 0.2) is 0 Å². The van der Waals surface area contributed by atoms with Crippen molar-refractivity contribution in [2.24, 2.45) is 11.7 Å². The number of rotatable bonds is 8. The molecule has 0 heterocycles. The number of carbonyl (C=O) groups is 2. The van der Waals surface area contributed by atoms with Crippen LogP contribution < -0.4 is 21.1 Å². The predicted octanol–water partition coefficient (Wildman–Crippen LogP) is 2.73. The number of benzene rings is 2. The predicted molar refractivity (Wildman–Crippen MR) is 107 cm³/mol. The Morgan fingerprint density at radius 2 is 1.74 bits per heavy atom. The van der Waals surface area contributed by atoms with Gasteiger partial charge < -0.3 is 21.1 Å². The highest BCUT2D eigenvalue weighted by Gasteiger charge is 2.25. The third-order valence-electron chi connectivity index (χ3n) is 4.13. The second-order valence-electron chi connectivity index (χ2n) is 6.66. The van der Waals surface area contributed by atoms with Gasteiger partial charge in [0.1, 0.15) is 18.4 Å². The van der Waals surface area contributed by atoms with Gasteiger partial charge in [0.2, 0.25) is 5.91 Å². The van der Waals surface area contributed by atoms with Crippen LogP contribution in [0.5, 0.6) is 5.75 Å². The Morgan fingerprint density at radius 1 is 1.07 bits per heavy atom. The van der Waals surface area contributed by atoms with E-state index in [-0.39, 0.29) is 17.7 Å². The molecule has 1 unspecified atom stereocenters. The Kier molecular flexibility index (Phi) is 7.37. The number of nitrogens with one attached hydrogen (secondary N) is 2. The van der Waals surface area contributed by atoms with Crippen LogP contribution in [0.1, 0.15) is 29.8 Å². The molecule has 0 saturated heterocycles. The summed E-state index contributed by atoms with van der Waals surface area (Å²) in [6.07, 6.45) is 0. The first kappa shape index (κ1) is 20.5. The molecule has 0 radical (unpaired) electrons. The van der Waals surface area contributed by atoms with Gasteiger partial charge in [0.25, 0.3) is 5.91 Å². The summed E-state index contributed by atoms with van der Waals surface area (Å²) in [4.78, 5) is 25.3. The molecular formula is C21H27N3O3. The van der Waals surface area contributed by atoms with Crippen LogP contribution in [-0.4, -0.2) is 31.0 Å². The van der Waals surface area contributed by atoms with Crippen LogP contribution in [-0.2, 0) is 4.79 Å². The monoisotopic (exact) mass is 369 g/mol. The summed E-state index contributed by atoms with van der Waals surface area (Å²) in [6, 6.07) is 13.7. The minimum absolute atomic E-state index is 0.0647. The number of hydrogen-bond donors (Lipinski definition) is 3. The highest BCUT2D eigenvalue weighted by atomic mass is 16.5. The minimum Gasteiger partial charge on any atom is -0.492 e. The second-order valence-corrected chi connectivity index (χ2v) is 6.66. The molecule has 6 heteroatoms. The van der Waals surface area contributed by atoms with Crippen molar-refractivity contribution < 1.29 is 14.3 Å². The molecule has 2 aromatic rings. The van der Waals surface area contributed by atoms with E-state index in [1.807, 2.05) is 32.9 Å². The van der Waals surface area contributed by atoms with Gasteiger partial charge in [-0.25, -0.2) is 0 Å². The van der Waals surface area contributed by atoms with Crippen LogP contribution in [0.4, 0.5) is 5.69 Å². The fraction of sp³-hybridized carbons (Fsp3) is 0.333. The van der Waals surface area contributed by atoms with E-state index in [0.717, 1.165) is 5.56 Å². The molecule has 2 amide bonds.